The zero-order chi connectivity index (χ0) is 9.26. The Morgan fingerprint density at radius 3 is 3.08 bits per heavy atom. The quantitative estimate of drug-likeness (QED) is 0.820. The summed E-state index contributed by atoms with van der Waals surface area (Å²) in [6.07, 6.45) is 1.69. The summed E-state index contributed by atoms with van der Waals surface area (Å²) in [6.45, 7) is 0. The molecule has 1 aromatic heterocycles. The molecule has 0 unspecified atom stereocenters. The average molecular weight is 241 g/mol. The van der Waals surface area contributed by atoms with Crippen molar-refractivity contribution in [2.45, 2.75) is 5.33 Å². The molecule has 2 rings (SSSR count). The smallest absolute Gasteiger partial charge is 0.121 e. The number of hydrogen-bond donors (Lipinski definition) is 1. The van der Waals surface area contributed by atoms with Crippen molar-refractivity contribution in [1.82, 2.24) is 9.97 Å². The van der Waals surface area contributed by atoms with Gasteiger partial charge in [0.2, 0.25) is 0 Å². The van der Waals surface area contributed by atoms with Crippen LogP contribution in [-0.4, -0.2) is 17.1 Å². The summed E-state index contributed by atoms with van der Waals surface area (Å²) in [6, 6.07) is 3.92. The summed E-state index contributed by atoms with van der Waals surface area (Å²) in [4.78, 5) is 7.28. The molecule has 1 aromatic carbocycles. The van der Waals surface area contributed by atoms with E-state index < -0.39 is 0 Å². The highest BCUT2D eigenvalue weighted by molar-refractivity contribution is 9.08. The number of ether oxygens (including phenoxy) is 1. The Balaban J connectivity index is 2.70. The number of rotatable bonds is 2. The molecular formula is C9H9BrN2O. The number of methoxy groups -OCH3 is 1. The molecule has 0 amide bonds. The first-order valence-corrected chi connectivity index (χ1v) is 5.03. The third-order valence-electron chi connectivity index (χ3n) is 1.96. The van der Waals surface area contributed by atoms with Crippen LogP contribution in [-0.2, 0) is 5.33 Å². The topological polar surface area (TPSA) is 37.9 Å². The molecular weight excluding hydrogens is 232 g/mol. The van der Waals surface area contributed by atoms with Crippen molar-refractivity contribution in [3.05, 3.63) is 24.0 Å². The summed E-state index contributed by atoms with van der Waals surface area (Å²) < 4.78 is 5.17. The summed E-state index contributed by atoms with van der Waals surface area (Å²) in [5.41, 5.74) is 3.14. The van der Waals surface area contributed by atoms with Crippen molar-refractivity contribution in [3.63, 3.8) is 0 Å². The van der Waals surface area contributed by atoms with Gasteiger partial charge in [0.15, 0.2) is 0 Å². The monoisotopic (exact) mass is 240 g/mol. The number of nitrogens with one attached hydrogen (secondary N) is 1. The van der Waals surface area contributed by atoms with Gasteiger partial charge in [0.1, 0.15) is 5.75 Å². The van der Waals surface area contributed by atoms with E-state index in [0.29, 0.717) is 0 Å². The molecule has 0 saturated heterocycles. The lowest BCUT2D eigenvalue weighted by Crippen LogP contribution is -1.87. The van der Waals surface area contributed by atoms with Crippen molar-refractivity contribution in [2.24, 2.45) is 0 Å². The van der Waals surface area contributed by atoms with Gasteiger partial charge < -0.3 is 9.72 Å². The van der Waals surface area contributed by atoms with Crippen molar-refractivity contribution < 1.29 is 4.74 Å². The second-order valence-corrected chi connectivity index (χ2v) is 3.28. The second-order valence-electron chi connectivity index (χ2n) is 2.72. The number of hydrogen-bond acceptors (Lipinski definition) is 2. The van der Waals surface area contributed by atoms with E-state index in [9.17, 15) is 0 Å². The minimum absolute atomic E-state index is 0.783. The van der Waals surface area contributed by atoms with Crippen LogP contribution >= 0.6 is 15.9 Å². The minimum Gasteiger partial charge on any atom is -0.497 e. The summed E-state index contributed by atoms with van der Waals surface area (Å²) in [5.74, 6) is 0.853. The number of fused-ring (bicyclic) bond motifs is 1. The minimum atomic E-state index is 0.783. The standard InChI is InChI=1S/C9H9BrN2O/c1-13-7-2-6(4-10)9-8(3-7)11-5-12-9/h2-3,5H,4H2,1H3,(H,11,12). The normalized spacial score (nSPS) is 10.6. The van der Waals surface area contributed by atoms with Gasteiger partial charge in [-0.15, -0.1) is 0 Å². The SMILES string of the molecule is COc1cc(CBr)c2nc[nH]c2c1. The summed E-state index contributed by atoms with van der Waals surface area (Å²) in [5, 5.41) is 0.783. The Bertz CT molecular complexity index is 424. The number of alkyl halides is 1. The molecule has 0 aliphatic heterocycles. The largest absolute Gasteiger partial charge is 0.497 e. The first-order chi connectivity index (χ1) is 6.35. The van der Waals surface area contributed by atoms with Crippen LogP contribution in [0.2, 0.25) is 0 Å². The van der Waals surface area contributed by atoms with E-state index in [1.807, 2.05) is 12.1 Å². The maximum atomic E-state index is 5.17. The predicted octanol–water partition coefficient (Wildman–Crippen LogP) is 2.47. The maximum absolute atomic E-state index is 5.17. The lowest BCUT2D eigenvalue weighted by molar-refractivity contribution is 0.415. The number of benzene rings is 1. The van der Waals surface area contributed by atoms with Gasteiger partial charge in [-0.05, 0) is 11.6 Å². The van der Waals surface area contributed by atoms with Crippen molar-refractivity contribution in [1.29, 1.82) is 0 Å². The van der Waals surface area contributed by atoms with Crippen LogP contribution in [0.5, 0.6) is 5.75 Å². The van der Waals surface area contributed by atoms with Gasteiger partial charge in [0.05, 0.1) is 24.5 Å². The molecule has 0 aliphatic carbocycles. The van der Waals surface area contributed by atoms with Crippen molar-refractivity contribution in [3.8, 4) is 5.75 Å². The maximum Gasteiger partial charge on any atom is 0.121 e. The van der Waals surface area contributed by atoms with Gasteiger partial charge in [-0.25, -0.2) is 4.98 Å². The highest BCUT2D eigenvalue weighted by atomic mass is 79.9. The van der Waals surface area contributed by atoms with Crippen molar-refractivity contribution >= 4 is 27.0 Å². The van der Waals surface area contributed by atoms with Crippen LogP contribution in [0.4, 0.5) is 0 Å². The number of imidazole rings is 1. The molecule has 0 atom stereocenters. The first kappa shape index (κ1) is 8.56. The van der Waals surface area contributed by atoms with Crippen LogP contribution in [0.3, 0.4) is 0 Å². The first-order valence-electron chi connectivity index (χ1n) is 3.91. The molecule has 13 heavy (non-hydrogen) atoms. The number of H-pyrrole nitrogens is 1. The predicted molar refractivity (Wildman–Crippen MR) is 55.3 cm³/mol. The van der Waals surface area contributed by atoms with Crippen molar-refractivity contribution in [2.75, 3.05) is 7.11 Å². The summed E-state index contributed by atoms with van der Waals surface area (Å²) in [7, 11) is 1.66. The number of aromatic nitrogens is 2. The van der Waals surface area contributed by atoms with Gasteiger partial charge in [-0.1, -0.05) is 15.9 Å². The number of aromatic amines is 1. The molecule has 3 nitrogen and oxygen atoms in total. The van der Waals surface area contributed by atoms with E-state index in [4.69, 9.17) is 4.74 Å². The van der Waals surface area contributed by atoms with Crippen LogP contribution in [0, 0.1) is 0 Å². The number of halogens is 1. The molecule has 0 fully saturated rings. The van der Waals surface area contributed by atoms with Crippen LogP contribution in [0.1, 0.15) is 5.56 Å². The van der Waals surface area contributed by atoms with E-state index in [0.717, 1.165) is 27.7 Å². The second kappa shape index (κ2) is 3.38. The Hall–Kier alpha value is -1.03. The van der Waals surface area contributed by atoms with E-state index in [2.05, 4.69) is 25.9 Å². The lowest BCUT2D eigenvalue weighted by atomic mass is 10.2. The van der Waals surface area contributed by atoms with Gasteiger partial charge in [-0.3, -0.25) is 0 Å². The molecule has 2 aromatic rings. The van der Waals surface area contributed by atoms with Gasteiger partial charge in [-0.2, -0.15) is 0 Å². The highest BCUT2D eigenvalue weighted by Gasteiger charge is 2.05. The fourth-order valence-corrected chi connectivity index (χ4v) is 1.74. The molecule has 0 saturated carbocycles. The lowest BCUT2D eigenvalue weighted by Gasteiger charge is -2.02. The molecule has 1 heterocycles. The third kappa shape index (κ3) is 1.42. The van der Waals surface area contributed by atoms with E-state index >= 15 is 0 Å². The Kier molecular flexibility index (Phi) is 2.22. The average Bonchev–Trinajstić information content (AvgIpc) is 2.63. The Labute approximate surface area is 84.3 Å². The third-order valence-corrected chi connectivity index (χ3v) is 2.56. The molecule has 0 spiro atoms. The Morgan fingerprint density at radius 1 is 1.54 bits per heavy atom. The Morgan fingerprint density at radius 2 is 2.38 bits per heavy atom. The van der Waals surface area contributed by atoms with Gasteiger partial charge in [0, 0.05) is 11.4 Å². The molecule has 68 valence electrons. The number of nitrogens with zero attached hydrogens (tertiary/aromatic N) is 1. The van der Waals surface area contributed by atoms with Gasteiger partial charge in [0.25, 0.3) is 0 Å². The fraction of sp³-hybridized carbons (Fsp3) is 0.222. The molecule has 0 bridgehead atoms. The van der Waals surface area contributed by atoms with E-state index in [-0.39, 0.29) is 0 Å². The zero-order valence-electron chi connectivity index (χ0n) is 7.17. The zero-order valence-corrected chi connectivity index (χ0v) is 8.76. The molecule has 4 heteroatoms. The molecule has 0 radical (unpaired) electrons. The summed E-state index contributed by atoms with van der Waals surface area (Å²) >= 11 is 3.42. The highest BCUT2D eigenvalue weighted by Crippen LogP contribution is 2.24. The van der Waals surface area contributed by atoms with Crippen LogP contribution < -0.4 is 4.74 Å². The van der Waals surface area contributed by atoms with Crippen LogP contribution in [0.15, 0.2) is 18.5 Å². The molecule has 1 N–H and O–H groups in total. The van der Waals surface area contributed by atoms with E-state index in [1.165, 1.54) is 0 Å². The molecule has 0 aliphatic rings. The van der Waals surface area contributed by atoms with E-state index in [1.54, 1.807) is 13.4 Å². The fourth-order valence-electron chi connectivity index (χ4n) is 1.31. The van der Waals surface area contributed by atoms with Gasteiger partial charge >= 0.3 is 0 Å². The van der Waals surface area contributed by atoms with Crippen LogP contribution in [0.25, 0.3) is 11.0 Å².